The lowest BCUT2D eigenvalue weighted by molar-refractivity contribution is -0.565. The number of sulfonamides is 4. The van der Waals surface area contributed by atoms with E-state index >= 15 is 0 Å². The quantitative estimate of drug-likeness (QED) is 0.0298. The van der Waals surface area contributed by atoms with Crippen LogP contribution in [0.4, 0.5) is 46.5 Å². The Bertz CT molecular complexity index is 7490. The van der Waals surface area contributed by atoms with Gasteiger partial charge in [-0.2, -0.15) is 15.2 Å². The zero-order valence-corrected chi connectivity index (χ0v) is 86.6. The van der Waals surface area contributed by atoms with Crippen LogP contribution in [0.25, 0.3) is 28.7 Å². The van der Waals surface area contributed by atoms with Crippen molar-refractivity contribution in [3.8, 4) is 40.5 Å². The Morgan fingerprint density at radius 2 is 0.678 bits per heavy atom. The van der Waals surface area contributed by atoms with Crippen LogP contribution in [-0.2, 0) is 40.1 Å². The van der Waals surface area contributed by atoms with E-state index in [9.17, 15) is 98.8 Å². The van der Waals surface area contributed by atoms with Gasteiger partial charge in [-0.1, -0.05) is 58.0 Å². The van der Waals surface area contributed by atoms with Crippen molar-refractivity contribution < 1.29 is 108 Å². The molecule has 1 aromatic carbocycles. The summed E-state index contributed by atoms with van der Waals surface area (Å²) in [6.07, 6.45) is 16.0. The molecule has 4 amide bonds. The summed E-state index contributed by atoms with van der Waals surface area (Å²) in [5.41, 5.74) is 20.4. The average Bonchev–Trinajstić information content (AvgIpc) is 1.42. The first-order valence-electron chi connectivity index (χ1n) is 46.7. The minimum absolute atomic E-state index is 0.0230. The first-order chi connectivity index (χ1) is 69.6. The molecule has 17 rings (SSSR count). The van der Waals surface area contributed by atoms with Gasteiger partial charge in [0.25, 0.3) is 63.7 Å². The molecule has 0 spiro atoms. The van der Waals surface area contributed by atoms with E-state index in [0.29, 0.717) is 91.2 Å². The lowest BCUT2D eigenvalue weighted by atomic mass is 9.79. The van der Waals surface area contributed by atoms with Crippen molar-refractivity contribution in [1.82, 2.24) is 88.1 Å². The third-order valence-corrected chi connectivity index (χ3v) is 31.4. The van der Waals surface area contributed by atoms with E-state index in [-0.39, 0.29) is 94.4 Å². The number of nitrogens with two attached hydrogens (primary N) is 4. The van der Waals surface area contributed by atoms with Gasteiger partial charge in [0, 0.05) is 115 Å². The fourth-order valence-electron chi connectivity index (χ4n) is 19.0. The number of methoxy groups -OCH3 is 1. The molecule has 49 nitrogen and oxygen atoms in total. The van der Waals surface area contributed by atoms with Crippen LogP contribution in [0.5, 0.6) is 11.8 Å². The van der Waals surface area contributed by atoms with E-state index in [1.165, 1.54) is 111 Å². The highest BCUT2D eigenvalue weighted by molar-refractivity contribution is 7.91. The van der Waals surface area contributed by atoms with Crippen molar-refractivity contribution in [2.45, 2.75) is 187 Å². The van der Waals surface area contributed by atoms with Crippen LogP contribution in [-0.4, -0.2) is 252 Å². The Kier molecular flexibility index (Phi) is 30.9. The van der Waals surface area contributed by atoms with Crippen LogP contribution >= 0.6 is 0 Å². The molecule has 0 unspecified atom stereocenters. The van der Waals surface area contributed by atoms with Gasteiger partial charge in [-0.15, -0.1) is 5.10 Å². The molecular weight excluding hydrogens is 2010 g/mol. The van der Waals surface area contributed by atoms with Gasteiger partial charge in [0.1, 0.15) is 72.7 Å². The number of hydrogen-bond donors (Lipinski definition) is 17. The zero-order chi connectivity index (χ0) is 109. The topological polar surface area (TPSA) is 727 Å². The Morgan fingerprint density at radius 1 is 0.376 bits per heavy atom. The largest absolute Gasteiger partial charge is 0.481 e. The molecule has 1 aliphatic carbocycles. The highest BCUT2D eigenvalue weighted by Gasteiger charge is 2.75. The molecule has 4 atom stereocenters. The number of rotatable bonds is 28. The lowest BCUT2D eigenvalue weighted by Gasteiger charge is -2.47. The van der Waals surface area contributed by atoms with Gasteiger partial charge in [0.05, 0.1) is 40.8 Å². The summed E-state index contributed by atoms with van der Waals surface area (Å²) in [6.45, 7) is 25.4. The van der Waals surface area contributed by atoms with Gasteiger partial charge in [-0.3, -0.25) is 19.2 Å². The van der Waals surface area contributed by atoms with Crippen molar-refractivity contribution in [3.63, 3.8) is 0 Å². The van der Waals surface area contributed by atoms with Crippen LogP contribution in [0.3, 0.4) is 0 Å². The molecule has 21 N–H and O–H groups in total. The lowest BCUT2D eigenvalue weighted by Crippen LogP contribution is -2.75. The number of nitrogens with one attached hydrogen (secondary N) is 4. The maximum atomic E-state index is 13.4. The van der Waals surface area contributed by atoms with Crippen LogP contribution in [0.2, 0.25) is 0 Å². The fourth-order valence-corrected chi connectivity index (χ4v) is 23.2. The molecule has 794 valence electrons. The predicted molar refractivity (Wildman–Crippen MR) is 542 cm³/mol. The van der Waals surface area contributed by atoms with Crippen molar-refractivity contribution >= 4 is 110 Å². The number of ether oxygens (including phenoxy) is 2. The summed E-state index contributed by atoms with van der Waals surface area (Å²) in [6, 6.07) is 37.6. The van der Waals surface area contributed by atoms with Crippen molar-refractivity contribution in [3.05, 3.63) is 217 Å². The van der Waals surface area contributed by atoms with E-state index in [1.54, 1.807) is 33.6 Å². The summed E-state index contributed by atoms with van der Waals surface area (Å²) in [4.78, 5) is 93.7. The molecule has 11 aromatic heterocycles. The van der Waals surface area contributed by atoms with E-state index in [1.807, 2.05) is 90.2 Å². The molecule has 12 aromatic rings. The first kappa shape index (κ1) is 110. The van der Waals surface area contributed by atoms with E-state index in [2.05, 4.69) is 131 Å². The third kappa shape index (κ3) is 23.9. The summed E-state index contributed by atoms with van der Waals surface area (Å²) in [7, 11) is -15.7. The van der Waals surface area contributed by atoms with Crippen molar-refractivity contribution in [1.29, 1.82) is 0 Å². The molecule has 0 radical (unpaired) electrons. The van der Waals surface area contributed by atoms with Crippen LogP contribution in [0, 0.1) is 29.1 Å². The first-order valence-corrected chi connectivity index (χ1v) is 52.7. The maximum absolute atomic E-state index is 13.4. The number of hydrogen-bond acceptors (Lipinski definition) is 42. The Labute approximate surface area is 857 Å². The number of amides is 4. The number of nitrogens with zero attached hydrogens (tertiary/aromatic N) is 18. The van der Waals surface area contributed by atoms with E-state index < -0.39 is 110 Å². The molecule has 1 saturated carbocycles. The number of anilines is 8. The monoisotopic (exact) mass is 2130 g/mol. The number of pyridine rings is 8. The van der Waals surface area contributed by atoms with Crippen LogP contribution < -0.4 is 70.9 Å². The minimum atomic E-state index is -4.57. The molecular formula is C96H118N26O23S4. The second-order valence-corrected chi connectivity index (χ2v) is 46.3. The molecule has 15 heterocycles. The molecule has 4 saturated heterocycles. The Hall–Kier alpha value is -14.6. The van der Waals surface area contributed by atoms with Crippen molar-refractivity contribution in [2.75, 3.05) is 82.4 Å². The number of carbonyl (C=O) groups excluding carboxylic acids is 4. The molecule has 53 heteroatoms. The minimum Gasteiger partial charge on any atom is -0.481 e. The summed E-state index contributed by atoms with van der Waals surface area (Å²) >= 11 is 0. The predicted octanol–water partition coefficient (Wildman–Crippen LogP) is 4.58. The SMILES string of the molecule is COc1ccc(C(=O)NS(=O)(=O)c2cccnc2N)c(N2C[C@@H](C)CC2(C)C)n1.C[C@@H]1CN(c2nc(-n3ccc(-c4ccccc4)n3)ccc2C(=O)NS(=O)(=O)c2cccnc2N)C(C)(C)C1.C[C@@H]1CN(c2nc(-n3ccc(C4CC4)n3)ccc2C(=O)NS(=O)(=O)c2cccnc2N)C(C)(C)C1.C[C@@H]1CN(c2nc(-n3ccc(OCC(C(O)(O)O)(C(O)(O)O)C(O)(O)O)n3)ccc2C(=O)NS(=O)(=O)c2cccnc2N)C(C)(C)C1. The Morgan fingerprint density at radius 3 is 0.980 bits per heavy atom. The van der Waals surface area contributed by atoms with E-state index in [4.69, 9.17) is 42.4 Å². The standard InChI is InChI=1S/C27H29N7O3S.C26H35N7O13S.C24H29N7O3S.C19H25N5O4S/c1-18-16-27(2,3)33(17-18)25-20(26(35)32-38(36,37)22-10-7-14-29-24(22)28)11-12-23(30-25)34-15-13-21(31-34)19-8-5-4-6-9-19;1-14-11-22(2,3)32(12-14)20-15(21(34)31-47(44,45)16-5-4-9-28-19(16)27)6-7-17(29-20)33-10-8-18(30-33)46-13-23(24(35,36)37,25(38,39)40)26(41,42)43;1-15-13-24(2,3)30(14-15)22-17(23(32)29-35(33,34)19-5-4-11-26-21(19)25)8-9-20(27-22)31-12-10-18(28-31)16-6-7-16;1-12-10-19(2,3)24(11-12)17-13(7-8-15(22-17)28-4)18(25)23-29(26,27)14-6-5-9-21-16(14)20/h4-15,18H,16-17H2,1-3H3,(H2,28,29)(H,32,35);4-10,14,35-43H,11-13H2,1-3H3,(H2,27,28)(H,31,34);4-5,8-12,15-16H,6-7,13-14H2,1-3H3,(H2,25,26)(H,29,32);5-9,12H,10-11H2,1-4H3,(H2,20,21)(H,23,25)/t18-;14-;15-;12-/m0000/s1. The van der Waals surface area contributed by atoms with Crippen LogP contribution in [0.15, 0.2) is 209 Å². The van der Waals surface area contributed by atoms with E-state index in [0.717, 1.165) is 59.8 Å². The number of carbonyl (C=O) groups is 4. The second-order valence-electron chi connectivity index (χ2n) is 39.7. The van der Waals surface area contributed by atoms with Gasteiger partial charge >= 0.3 is 17.9 Å². The van der Waals surface area contributed by atoms with Crippen molar-refractivity contribution in [2.24, 2.45) is 29.1 Å². The molecule has 149 heavy (non-hydrogen) atoms. The zero-order valence-electron chi connectivity index (χ0n) is 83.3. The third-order valence-electron chi connectivity index (χ3n) is 25.9. The van der Waals surface area contributed by atoms with Gasteiger partial charge in [-0.05, 0) is 221 Å². The normalized spacial score (nSPS) is 18.1. The molecule has 0 bridgehead atoms. The highest BCUT2D eigenvalue weighted by Crippen LogP contribution is 2.48. The van der Waals surface area contributed by atoms with Crippen LogP contribution in [0.1, 0.15) is 175 Å². The van der Waals surface area contributed by atoms with Gasteiger partial charge < -0.3 is 98.0 Å². The van der Waals surface area contributed by atoms with Gasteiger partial charge in [-0.25, -0.2) is 101 Å². The second kappa shape index (κ2) is 41.8. The summed E-state index contributed by atoms with van der Waals surface area (Å²) < 4.78 is 126. The maximum Gasteiger partial charge on any atom is 0.301 e. The molecule has 5 aliphatic rings. The number of benzene rings is 1. The summed E-state index contributed by atoms with van der Waals surface area (Å²) in [5, 5.41) is 100.0. The summed E-state index contributed by atoms with van der Waals surface area (Å²) in [5.74, 6) is -14.0. The molecule has 5 fully saturated rings. The number of aromatic nitrogens is 14. The average molecular weight is 2130 g/mol. The Balaban J connectivity index is 0.000000159. The fraction of sp³-hybridized carbons (Fsp3) is 0.385. The van der Waals surface area contributed by atoms with Gasteiger partial charge in [0.2, 0.25) is 17.2 Å². The molecule has 4 aliphatic heterocycles. The smallest absolute Gasteiger partial charge is 0.301 e. The highest BCUT2D eigenvalue weighted by atomic mass is 32.2. The number of nitrogen functional groups attached to an aromatic ring is 4. The van der Waals surface area contributed by atoms with Gasteiger partial charge in [0.15, 0.2) is 17.5 Å². The number of aliphatic hydroxyl groups is 9.